The zero-order chi connectivity index (χ0) is 18.9. The van der Waals surface area contributed by atoms with Gasteiger partial charge in [-0.3, -0.25) is 14.6 Å². The van der Waals surface area contributed by atoms with Crippen LogP contribution in [0.15, 0.2) is 48.7 Å². The topological polar surface area (TPSA) is 80.3 Å². The number of aryl methyl sites for hydroxylation is 1. The molecule has 1 aromatic carbocycles. The van der Waals surface area contributed by atoms with Gasteiger partial charge in [-0.25, -0.2) is 0 Å². The maximum absolute atomic E-state index is 12.3. The first-order chi connectivity index (χ1) is 13.2. The molecule has 0 aliphatic carbocycles. The number of nitrogens with one attached hydrogen (secondary N) is 2. The first kappa shape index (κ1) is 19.0. The van der Waals surface area contributed by atoms with Crippen LogP contribution in [0.2, 0.25) is 0 Å². The van der Waals surface area contributed by atoms with Crippen molar-refractivity contribution in [2.45, 2.75) is 31.8 Å². The summed E-state index contributed by atoms with van der Waals surface area (Å²) < 4.78 is 5.50. The Bertz CT molecular complexity index is 758. The monoisotopic (exact) mass is 367 g/mol. The lowest BCUT2D eigenvalue weighted by molar-refractivity contribution is 0.0857. The van der Waals surface area contributed by atoms with Crippen LogP contribution < -0.4 is 10.6 Å². The number of rotatable bonds is 8. The highest BCUT2D eigenvalue weighted by molar-refractivity contribution is 5.98. The van der Waals surface area contributed by atoms with Crippen molar-refractivity contribution < 1.29 is 14.3 Å². The van der Waals surface area contributed by atoms with Gasteiger partial charge in [0.25, 0.3) is 11.8 Å². The van der Waals surface area contributed by atoms with E-state index in [0.29, 0.717) is 18.7 Å². The SMILES string of the molecule is O=C(NCC1CCCO1)c1ccnc(C(=O)NCCCc2ccccc2)c1. The van der Waals surface area contributed by atoms with Gasteiger partial charge in [-0.15, -0.1) is 0 Å². The number of carbonyl (C=O) groups is 2. The standard InChI is InChI=1S/C21H25N3O3/c25-20(24-15-18-9-5-13-27-18)17-10-12-22-19(14-17)21(26)23-11-4-8-16-6-2-1-3-7-16/h1-3,6-7,10,12,14,18H,4-5,8-9,11,13,15H2,(H,23,26)(H,24,25). The van der Waals surface area contributed by atoms with Gasteiger partial charge < -0.3 is 15.4 Å². The van der Waals surface area contributed by atoms with Gasteiger partial charge in [0.15, 0.2) is 0 Å². The number of nitrogens with zero attached hydrogens (tertiary/aromatic N) is 1. The highest BCUT2D eigenvalue weighted by atomic mass is 16.5. The van der Waals surface area contributed by atoms with E-state index in [4.69, 9.17) is 4.74 Å². The molecule has 1 fully saturated rings. The van der Waals surface area contributed by atoms with Crippen molar-refractivity contribution in [2.75, 3.05) is 19.7 Å². The predicted molar refractivity (Wildman–Crippen MR) is 103 cm³/mol. The smallest absolute Gasteiger partial charge is 0.269 e. The molecular weight excluding hydrogens is 342 g/mol. The average molecular weight is 367 g/mol. The Morgan fingerprint density at radius 3 is 2.74 bits per heavy atom. The minimum Gasteiger partial charge on any atom is -0.376 e. The minimum absolute atomic E-state index is 0.0863. The molecule has 6 heteroatoms. The Morgan fingerprint density at radius 1 is 1.11 bits per heavy atom. The molecule has 6 nitrogen and oxygen atoms in total. The van der Waals surface area contributed by atoms with Gasteiger partial charge in [0.05, 0.1) is 6.10 Å². The van der Waals surface area contributed by atoms with Crippen molar-refractivity contribution in [3.8, 4) is 0 Å². The van der Waals surface area contributed by atoms with Crippen molar-refractivity contribution in [2.24, 2.45) is 0 Å². The minimum atomic E-state index is -0.267. The van der Waals surface area contributed by atoms with Gasteiger partial charge in [-0.2, -0.15) is 0 Å². The zero-order valence-corrected chi connectivity index (χ0v) is 15.3. The van der Waals surface area contributed by atoms with Crippen LogP contribution in [0.3, 0.4) is 0 Å². The molecule has 2 N–H and O–H groups in total. The molecule has 2 amide bonds. The lowest BCUT2D eigenvalue weighted by atomic mass is 10.1. The third-order valence-corrected chi connectivity index (χ3v) is 4.54. The van der Waals surface area contributed by atoms with Crippen molar-refractivity contribution >= 4 is 11.8 Å². The Labute approximate surface area is 159 Å². The highest BCUT2D eigenvalue weighted by Gasteiger charge is 2.17. The largest absolute Gasteiger partial charge is 0.376 e. The molecule has 0 radical (unpaired) electrons. The summed E-state index contributed by atoms with van der Waals surface area (Å²) in [6.07, 6.45) is 5.32. The Balaban J connectivity index is 1.45. The van der Waals surface area contributed by atoms with E-state index >= 15 is 0 Å². The second kappa shape index (κ2) is 9.83. The summed E-state index contributed by atoms with van der Waals surface area (Å²) >= 11 is 0. The van der Waals surface area contributed by atoms with Gasteiger partial charge in [-0.1, -0.05) is 30.3 Å². The summed E-state index contributed by atoms with van der Waals surface area (Å²) in [6.45, 7) is 1.80. The molecule has 0 saturated carbocycles. The quantitative estimate of drug-likeness (QED) is 0.702. The van der Waals surface area contributed by atoms with Crippen molar-refractivity contribution in [1.29, 1.82) is 0 Å². The summed E-state index contributed by atoms with van der Waals surface area (Å²) in [5.41, 5.74) is 1.92. The van der Waals surface area contributed by atoms with E-state index in [0.717, 1.165) is 32.3 Å². The summed E-state index contributed by atoms with van der Waals surface area (Å²) in [5.74, 6) is -0.483. The second-order valence-electron chi connectivity index (χ2n) is 6.62. The van der Waals surface area contributed by atoms with Crippen LogP contribution >= 0.6 is 0 Å². The van der Waals surface area contributed by atoms with Crippen LogP contribution in [0.4, 0.5) is 0 Å². The fraction of sp³-hybridized carbons (Fsp3) is 0.381. The van der Waals surface area contributed by atoms with Crippen LogP contribution in [-0.4, -0.2) is 42.6 Å². The first-order valence-electron chi connectivity index (χ1n) is 9.40. The number of hydrogen-bond donors (Lipinski definition) is 2. The second-order valence-corrected chi connectivity index (χ2v) is 6.62. The van der Waals surface area contributed by atoms with E-state index in [-0.39, 0.29) is 23.6 Å². The molecule has 0 spiro atoms. The van der Waals surface area contributed by atoms with E-state index in [9.17, 15) is 9.59 Å². The molecule has 1 unspecified atom stereocenters. The maximum Gasteiger partial charge on any atom is 0.269 e. The number of benzene rings is 1. The fourth-order valence-corrected chi connectivity index (χ4v) is 3.04. The number of amides is 2. The number of hydrogen-bond acceptors (Lipinski definition) is 4. The molecular formula is C21H25N3O3. The van der Waals surface area contributed by atoms with Gasteiger partial charge in [-0.05, 0) is 43.4 Å². The van der Waals surface area contributed by atoms with Crippen LogP contribution in [0.1, 0.15) is 45.7 Å². The van der Waals surface area contributed by atoms with Gasteiger partial charge in [0.2, 0.25) is 0 Å². The zero-order valence-electron chi connectivity index (χ0n) is 15.3. The maximum atomic E-state index is 12.3. The normalized spacial score (nSPS) is 16.1. The van der Waals surface area contributed by atoms with Crippen LogP contribution in [0, 0.1) is 0 Å². The number of ether oxygens (including phenoxy) is 1. The molecule has 2 aromatic rings. The number of pyridine rings is 1. The molecule has 1 aliphatic rings. The molecule has 1 saturated heterocycles. The average Bonchev–Trinajstić information content (AvgIpc) is 3.24. The van der Waals surface area contributed by atoms with Crippen molar-refractivity contribution in [3.63, 3.8) is 0 Å². The Kier molecular flexibility index (Phi) is 6.93. The fourth-order valence-electron chi connectivity index (χ4n) is 3.04. The summed E-state index contributed by atoms with van der Waals surface area (Å²) in [7, 11) is 0. The number of aromatic nitrogens is 1. The van der Waals surface area contributed by atoms with E-state index in [1.54, 1.807) is 6.07 Å². The molecule has 3 rings (SSSR count). The molecule has 1 aliphatic heterocycles. The Morgan fingerprint density at radius 2 is 1.96 bits per heavy atom. The van der Waals surface area contributed by atoms with E-state index in [1.165, 1.54) is 17.8 Å². The van der Waals surface area contributed by atoms with Gasteiger partial charge >= 0.3 is 0 Å². The third kappa shape index (κ3) is 5.89. The lowest BCUT2D eigenvalue weighted by Crippen LogP contribution is -2.32. The predicted octanol–water partition coefficient (Wildman–Crippen LogP) is 2.35. The van der Waals surface area contributed by atoms with E-state index in [2.05, 4.69) is 27.8 Å². The van der Waals surface area contributed by atoms with Gasteiger partial charge in [0, 0.05) is 31.5 Å². The molecule has 1 atom stereocenters. The summed E-state index contributed by atoms with van der Waals surface area (Å²) in [4.78, 5) is 28.6. The molecule has 27 heavy (non-hydrogen) atoms. The summed E-state index contributed by atoms with van der Waals surface area (Å²) in [6, 6.07) is 13.3. The van der Waals surface area contributed by atoms with Crippen LogP contribution in [0.5, 0.6) is 0 Å². The Hall–Kier alpha value is -2.73. The molecule has 2 heterocycles. The van der Waals surface area contributed by atoms with Gasteiger partial charge in [0.1, 0.15) is 5.69 Å². The summed E-state index contributed by atoms with van der Waals surface area (Å²) in [5, 5.41) is 5.71. The first-order valence-corrected chi connectivity index (χ1v) is 9.40. The van der Waals surface area contributed by atoms with Crippen LogP contribution in [-0.2, 0) is 11.2 Å². The van der Waals surface area contributed by atoms with Crippen molar-refractivity contribution in [1.82, 2.24) is 15.6 Å². The van der Waals surface area contributed by atoms with E-state index in [1.807, 2.05) is 18.2 Å². The highest BCUT2D eigenvalue weighted by Crippen LogP contribution is 2.11. The lowest BCUT2D eigenvalue weighted by Gasteiger charge is -2.11. The molecule has 142 valence electrons. The van der Waals surface area contributed by atoms with Crippen LogP contribution in [0.25, 0.3) is 0 Å². The third-order valence-electron chi connectivity index (χ3n) is 4.54. The van der Waals surface area contributed by atoms with Crippen molar-refractivity contribution in [3.05, 3.63) is 65.5 Å². The number of carbonyl (C=O) groups excluding carboxylic acids is 2. The molecule has 1 aromatic heterocycles. The molecule has 0 bridgehead atoms. The van der Waals surface area contributed by atoms with E-state index < -0.39 is 0 Å².